The van der Waals surface area contributed by atoms with E-state index in [1.54, 1.807) is 6.07 Å². The largest absolute Gasteiger partial charge is 0.326 e. The monoisotopic (exact) mass is 311 g/mol. The molecule has 21 heavy (non-hydrogen) atoms. The number of rotatable bonds is 3. The average Bonchev–Trinajstić information content (AvgIpc) is 2.81. The van der Waals surface area contributed by atoms with E-state index in [0.29, 0.717) is 12.2 Å². The lowest BCUT2D eigenvalue weighted by Gasteiger charge is -2.22. The van der Waals surface area contributed by atoms with Crippen molar-refractivity contribution in [3.8, 4) is 0 Å². The summed E-state index contributed by atoms with van der Waals surface area (Å²) in [7, 11) is 0. The molecule has 1 aromatic carbocycles. The van der Waals surface area contributed by atoms with Crippen LogP contribution < -0.4 is 16.0 Å². The molecule has 0 bridgehead atoms. The summed E-state index contributed by atoms with van der Waals surface area (Å²) in [4.78, 5) is 23.5. The summed E-state index contributed by atoms with van der Waals surface area (Å²) in [5.41, 5.74) is 2.04. The molecule has 1 aliphatic rings. The lowest BCUT2D eigenvalue weighted by atomic mass is 9.88. The summed E-state index contributed by atoms with van der Waals surface area (Å²) in [6, 6.07) is 5.53. The second-order valence-electron chi connectivity index (χ2n) is 5.65. The molecule has 1 aliphatic heterocycles. The van der Waals surface area contributed by atoms with Crippen LogP contribution in [0, 0.1) is 12.3 Å². The van der Waals surface area contributed by atoms with Gasteiger partial charge in [-0.1, -0.05) is 6.07 Å². The molecule has 1 heterocycles. The van der Waals surface area contributed by atoms with Crippen molar-refractivity contribution < 1.29 is 9.59 Å². The normalized spacial score (nSPS) is 20.5. The van der Waals surface area contributed by atoms with Gasteiger partial charge in [0.25, 0.3) is 0 Å². The van der Waals surface area contributed by atoms with E-state index in [1.807, 2.05) is 26.0 Å². The molecule has 2 rings (SSSR count). The maximum Gasteiger partial charge on any atom is 0.231 e. The molecule has 0 spiro atoms. The molecule has 0 radical (unpaired) electrons. The lowest BCUT2D eigenvalue weighted by Crippen LogP contribution is -2.35. The zero-order valence-electron chi connectivity index (χ0n) is 12.6. The first kappa shape index (κ1) is 17.5. The Morgan fingerprint density at radius 1 is 1.29 bits per heavy atom. The zero-order valence-corrected chi connectivity index (χ0v) is 13.4. The summed E-state index contributed by atoms with van der Waals surface area (Å²) >= 11 is 0. The van der Waals surface area contributed by atoms with Crippen molar-refractivity contribution in [2.45, 2.75) is 27.2 Å². The van der Waals surface area contributed by atoms with E-state index in [9.17, 15) is 9.59 Å². The number of halogens is 1. The molecule has 6 heteroatoms. The van der Waals surface area contributed by atoms with Gasteiger partial charge in [0.15, 0.2) is 0 Å². The molecule has 1 atom stereocenters. The Morgan fingerprint density at radius 3 is 2.57 bits per heavy atom. The van der Waals surface area contributed by atoms with Crippen LogP contribution in [0.1, 0.15) is 25.8 Å². The Bertz CT molecular complexity index is 540. The third-order valence-electron chi connectivity index (χ3n) is 3.72. The summed E-state index contributed by atoms with van der Waals surface area (Å²) in [5, 5.41) is 8.91. The number of carbonyl (C=O) groups is 2. The second-order valence-corrected chi connectivity index (χ2v) is 5.65. The molecular formula is C15H22ClN3O2. The number of aryl methyl sites for hydroxylation is 1. The van der Waals surface area contributed by atoms with Gasteiger partial charge in [-0.3, -0.25) is 9.59 Å². The maximum absolute atomic E-state index is 12.3. The van der Waals surface area contributed by atoms with E-state index in [2.05, 4.69) is 16.0 Å². The summed E-state index contributed by atoms with van der Waals surface area (Å²) < 4.78 is 0. The van der Waals surface area contributed by atoms with Gasteiger partial charge < -0.3 is 16.0 Å². The smallest absolute Gasteiger partial charge is 0.231 e. The van der Waals surface area contributed by atoms with Gasteiger partial charge in [-0.2, -0.15) is 0 Å². The molecule has 116 valence electrons. The fourth-order valence-electron chi connectivity index (χ4n) is 2.32. The first-order chi connectivity index (χ1) is 9.40. The first-order valence-corrected chi connectivity index (χ1v) is 6.81. The van der Waals surface area contributed by atoms with Gasteiger partial charge in [0.2, 0.25) is 11.8 Å². The lowest BCUT2D eigenvalue weighted by molar-refractivity contribution is -0.123. The fraction of sp³-hybridized carbons (Fsp3) is 0.467. The van der Waals surface area contributed by atoms with E-state index >= 15 is 0 Å². The minimum absolute atomic E-state index is 0. The van der Waals surface area contributed by atoms with Gasteiger partial charge in [-0.15, -0.1) is 12.4 Å². The van der Waals surface area contributed by atoms with Crippen LogP contribution >= 0.6 is 12.4 Å². The molecule has 3 N–H and O–H groups in total. The van der Waals surface area contributed by atoms with E-state index in [4.69, 9.17) is 0 Å². The van der Waals surface area contributed by atoms with E-state index < -0.39 is 0 Å². The highest BCUT2D eigenvalue weighted by atomic mass is 35.5. The van der Waals surface area contributed by atoms with Crippen molar-refractivity contribution in [2.24, 2.45) is 5.41 Å². The highest BCUT2D eigenvalue weighted by molar-refractivity contribution is 5.97. The summed E-state index contributed by atoms with van der Waals surface area (Å²) in [6.07, 6.45) is 0.837. The quantitative estimate of drug-likeness (QED) is 0.802. The van der Waals surface area contributed by atoms with Crippen LogP contribution in [0.5, 0.6) is 0 Å². The van der Waals surface area contributed by atoms with Crippen LogP contribution in [0.4, 0.5) is 11.4 Å². The Kier molecular flexibility index (Phi) is 5.75. The van der Waals surface area contributed by atoms with Gasteiger partial charge in [0, 0.05) is 24.8 Å². The standard InChI is InChI=1S/C15H21N3O2.ClH/c1-10-4-5-12(8-13(10)17-11(2)19)18-14(20)15(3)6-7-16-9-15;/h4-5,8,16H,6-7,9H2,1-3H3,(H,17,19)(H,18,20);1H. The van der Waals surface area contributed by atoms with Gasteiger partial charge >= 0.3 is 0 Å². The van der Waals surface area contributed by atoms with E-state index in [0.717, 1.165) is 24.2 Å². The number of nitrogens with one attached hydrogen (secondary N) is 3. The Hall–Kier alpha value is -1.59. The van der Waals surface area contributed by atoms with Crippen LogP contribution in [-0.4, -0.2) is 24.9 Å². The fourth-order valence-corrected chi connectivity index (χ4v) is 2.32. The molecule has 1 fully saturated rings. The Balaban J connectivity index is 0.00000220. The SMILES string of the molecule is CC(=O)Nc1cc(NC(=O)C2(C)CCNC2)ccc1C.Cl. The highest BCUT2D eigenvalue weighted by Gasteiger charge is 2.36. The predicted octanol–water partition coefficient (Wildman–Crippen LogP) is 2.31. The van der Waals surface area contributed by atoms with Crippen molar-refractivity contribution >= 4 is 35.6 Å². The topological polar surface area (TPSA) is 70.2 Å². The molecule has 1 unspecified atom stereocenters. The van der Waals surface area contributed by atoms with Crippen molar-refractivity contribution in [3.63, 3.8) is 0 Å². The molecule has 0 saturated carbocycles. The molecule has 0 aromatic heterocycles. The second kappa shape index (κ2) is 6.91. The number of amides is 2. The molecule has 2 amide bonds. The van der Waals surface area contributed by atoms with Crippen molar-refractivity contribution in [1.29, 1.82) is 0 Å². The van der Waals surface area contributed by atoms with Gasteiger partial charge in [-0.25, -0.2) is 0 Å². The van der Waals surface area contributed by atoms with E-state index in [1.165, 1.54) is 6.92 Å². The summed E-state index contributed by atoms with van der Waals surface area (Å²) in [6.45, 7) is 6.92. The average molecular weight is 312 g/mol. The number of hydrogen-bond acceptors (Lipinski definition) is 3. The number of benzene rings is 1. The van der Waals surface area contributed by atoms with Gasteiger partial charge in [0.1, 0.15) is 0 Å². The third-order valence-corrected chi connectivity index (χ3v) is 3.72. The molecule has 1 saturated heterocycles. The molecule has 0 aliphatic carbocycles. The van der Waals surface area contributed by atoms with E-state index in [-0.39, 0.29) is 29.6 Å². The number of carbonyl (C=O) groups excluding carboxylic acids is 2. The minimum atomic E-state index is -0.362. The molecular weight excluding hydrogens is 290 g/mol. The first-order valence-electron chi connectivity index (χ1n) is 6.81. The van der Waals surface area contributed by atoms with Crippen LogP contribution in [-0.2, 0) is 9.59 Å². The number of hydrogen-bond donors (Lipinski definition) is 3. The van der Waals surface area contributed by atoms with Gasteiger partial charge in [-0.05, 0) is 44.5 Å². The minimum Gasteiger partial charge on any atom is -0.326 e. The molecule has 5 nitrogen and oxygen atoms in total. The summed E-state index contributed by atoms with van der Waals surface area (Å²) in [5.74, 6) is -0.108. The van der Waals surface area contributed by atoms with Crippen LogP contribution in [0.3, 0.4) is 0 Å². The predicted molar refractivity (Wildman–Crippen MR) is 87.0 cm³/mol. The van der Waals surface area contributed by atoms with Crippen LogP contribution in [0.25, 0.3) is 0 Å². The van der Waals surface area contributed by atoms with Gasteiger partial charge in [0.05, 0.1) is 5.41 Å². The highest BCUT2D eigenvalue weighted by Crippen LogP contribution is 2.27. The van der Waals surface area contributed by atoms with Crippen molar-refractivity contribution in [1.82, 2.24) is 5.32 Å². The van der Waals surface area contributed by atoms with Crippen LogP contribution in [0.2, 0.25) is 0 Å². The molecule has 1 aromatic rings. The van der Waals surface area contributed by atoms with Crippen LogP contribution in [0.15, 0.2) is 18.2 Å². The number of anilines is 2. The Labute approximate surface area is 131 Å². The maximum atomic E-state index is 12.3. The van der Waals surface area contributed by atoms with Crippen molar-refractivity contribution in [2.75, 3.05) is 23.7 Å². The van der Waals surface area contributed by atoms with Crippen molar-refractivity contribution in [3.05, 3.63) is 23.8 Å². The Morgan fingerprint density at radius 2 is 2.00 bits per heavy atom. The zero-order chi connectivity index (χ0) is 14.8. The third kappa shape index (κ3) is 4.19.